The van der Waals surface area contributed by atoms with Crippen molar-refractivity contribution >= 4 is 91.3 Å². The number of carboxylic acid groups (broad SMARTS) is 1. The van der Waals surface area contributed by atoms with Gasteiger partial charge in [-0.15, -0.1) is 34.5 Å². The average molecular weight is 894 g/mol. The highest BCUT2D eigenvalue weighted by Crippen LogP contribution is 2.48. The first-order valence-electron chi connectivity index (χ1n) is 19.5. The topological polar surface area (TPSA) is 199 Å². The molecule has 4 aromatic carbocycles. The summed E-state index contributed by atoms with van der Waals surface area (Å²) in [7, 11) is 3.43. The van der Waals surface area contributed by atoms with Crippen LogP contribution >= 0.6 is 34.5 Å². The summed E-state index contributed by atoms with van der Waals surface area (Å²) in [4.78, 5) is 59.0. The van der Waals surface area contributed by atoms with Crippen LogP contribution in [0.1, 0.15) is 42.3 Å². The number of nitrogens with one attached hydrogen (secondary N) is 1. The maximum atomic E-state index is 14.5. The zero-order valence-corrected chi connectivity index (χ0v) is 35.2. The Morgan fingerprint density at radius 2 is 1.30 bits per heavy atom. The molecule has 61 heavy (non-hydrogen) atoms. The highest BCUT2D eigenvalue weighted by molar-refractivity contribution is 7.16. The number of likely N-dealkylation sites (N-methyl/N-ethyl adjacent to an activating group) is 2. The third-order valence-electron chi connectivity index (χ3n) is 11.4. The van der Waals surface area contributed by atoms with Crippen molar-refractivity contribution in [2.75, 3.05) is 61.8 Å². The van der Waals surface area contributed by atoms with E-state index in [4.69, 9.17) is 37.4 Å². The van der Waals surface area contributed by atoms with Crippen LogP contribution in [-0.2, 0) is 9.53 Å². The number of amides is 3. The Kier molecular flexibility index (Phi) is 12.1. The highest BCUT2D eigenvalue weighted by atomic mass is 35.5. The number of benzene rings is 4. The minimum atomic E-state index is -1.91. The molecule has 0 bridgehead atoms. The first-order chi connectivity index (χ1) is 29.4. The van der Waals surface area contributed by atoms with E-state index in [1.54, 1.807) is 61.5 Å². The molecule has 4 heterocycles. The number of hydrogen-bond acceptors (Lipinski definition) is 12. The Balaban J connectivity index is 1.11. The molecule has 1 fully saturated rings. The van der Waals surface area contributed by atoms with Gasteiger partial charge in [0.05, 0.1) is 21.1 Å². The molecule has 5 N–H and O–H groups in total. The third-order valence-corrected chi connectivity index (χ3v) is 13.2. The van der Waals surface area contributed by atoms with Crippen molar-refractivity contribution in [2.45, 2.75) is 42.5 Å². The molecule has 1 saturated heterocycles. The summed E-state index contributed by atoms with van der Waals surface area (Å²) in [6, 6.07) is 21.1. The quantitative estimate of drug-likeness (QED) is 0.112. The van der Waals surface area contributed by atoms with Crippen molar-refractivity contribution < 1.29 is 53.8 Å². The molecule has 3 aliphatic heterocycles. The molecule has 7 atom stereocenters. The largest absolute Gasteiger partial charge is 0.479 e. The van der Waals surface area contributed by atoms with E-state index in [1.165, 1.54) is 9.80 Å². The molecule has 8 rings (SSSR count). The van der Waals surface area contributed by atoms with Crippen LogP contribution in [0.15, 0.2) is 72.8 Å². The van der Waals surface area contributed by atoms with Crippen molar-refractivity contribution in [2.24, 2.45) is 0 Å². The fourth-order valence-corrected chi connectivity index (χ4v) is 9.70. The van der Waals surface area contributed by atoms with Crippen LogP contribution in [0.5, 0.6) is 11.5 Å². The van der Waals surface area contributed by atoms with E-state index in [-0.39, 0.29) is 58.1 Å². The Labute approximate surface area is 363 Å². The van der Waals surface area contributed by atoms with Crippen LogP contribution in [0.4, 0.5) is 16.2 Å². The molecule has 18 heteroatoms. The van der Waals surface area contributed by atoms with Gasteiger partial charge in [0.15, 0.2) is 6.10 Å². The summed E-state index contributed by atoms with van der Waals surface area (Å²) in [6.07, 6.45) is -9.74. The smallest absolute Gasteiger partial charge is 0.415 e. The number of aliphatic carboxylic acids is 1. The lowest BCUT2D eigenvalue weighted by Crippen LogP contribution is -2.61. The number of ether oxygens (including phenoxy) is 3. The molecule has 3 amide bonds. The van der Waals surface area contributed by atoms with Gasteiger partial charge in [-0.1, -0.05) is 48.5 Å². The van der Waals surface area contributed by atoms with E-state index >= 15 is 0 Å². The zero-order chi connectivity index (χ0) is 43.3. The molecule has 0 radical (unpaired) electrons. The summed E-state index contributed by atoms with van der Waals surface area (Å²) >= 11 is 14.1. The predicted molar refractivity (Wildman–Crippen MR) is 230 cm³/mol. The number of carbonyl (C=O) groups is 4. The van der Waals surface area contributed by atoms with Crippen LogP contribution in [0, 0.1) is 0 Å². The van der Waals surface area contributed by atoms with Crippen LogP contribution in [0.2, 0.25) is 0 Å². The van der Waals surface area contributed by atoms with Crippen molar-refractivity contribution in [1.29, 1.82) is 0 Å². The Morgan fingerprint density at radius 3 is 1.80 bits per heavy atom. The van der Waals surface area contributed by atoms with E-state index in [2.05, 4.69) is 5.32 Å². The molecule has 15 nitrogen and oxygen atoms in total. The van der Waals surface area contributed by atoms with E-state index in [1.807, 2.05) is 30.3 Å². The van der Waals surface area contributed by atoms with Crippen molar-refractivity contribution in [3.8, 4) is 11.5 Å². The van der Waals surface area contributed by atoms with Crippen molar-refractivity contribution in [1.82, 2.24) is 10.2 Å². The number of alkyl halides is 2. The summed E-state index contributed by atoms with van der Waals surface area (Å²) in [6.45, 7) is 1.44. The van der Waals surface area contributed by atoms with Crippen LogP contribution in [0.3, 0.4) is 0 Å². The second-order valence-corrected chi connectivity index (χ2v) is 16.9. The molecule has 3 unspecified atom stereocenters. The highest BCUT2D eigenvalue weighted by Gasteiger charge is 2.48. The van der Waals surface area contributed by atoms with E-state index < -0.39 is 48.7 Å². The second-order valence-electron chi connectivity index (χ2n) is 15.2. The number of aliphatic hydroxyl groups is 3. The van der Waals surface area contributed by atoms with Gasteiger partial charge in [0.1, 0.15) is 29.8 Å². The summed E-state index contributed by atoms with van der Waals surface area (Å²) in [5.41, 5.74) is 2.62. The van der Waals surface area contributed by atoms with Gasteiger partial charge in [-0.2, -0.15) is 0 Å². The number of anilines is 2. The maximum Gasteiger partial charge on any atom is 0.415 e. The van der Waals surface area contributed by atoms with Crippen molar-refractivity contribution in [3.05, 3.63) is 93.7 Å². The van der Waals surface area contributed by atoms with E-state index in [9.17, 15) is 39.6 Å². The number of rotatable bonds is 11. The summed E-state index contributed by atoms with van der Waals surface area (Å²) in [5.74, 6) is -2.06. The van der Waals surface area contributed by atoms with Gasteiger partial charge in [-0.25, -0.2) is 9.59 Å². The second kappa shape index (κ2) is 17.4. The Morgan fingerprint density at radius 1 is 0.787 bits per heavy atom. The molecule has 0 saturated carbocycles. The zero-order valence-electron chi connectivity index (χ0n) is 32.9. The molecule has 320 valence electrons. The molecule has 0 aliphatic carbocycles. The molecular formula is C43H42Cl2N4O11S. The van der Waals surface area contributed by atoms with Gasteiger partial charge in [0.2, 0.25) is 6.29 Å². The minimum Gasteiger partial charge on any atom is -0.479 e. The minimum absolute atomic E-state index is 0.116. The van der Waals surface area contributed by atoms with E-state index in [0.29, 0.717) is 46.4 Å². The first-order valence-corrected chi connectivity index (χ1v) is 21.4. The van der Waals surface area contributed by atoms with Gasteiger partial charge in [0, 0.05) is 79.7 Å². The summed E-state index contributed by atoms with van der Waals surface area (Å²) < 4.78 is 17.4. The van der Waals surface area contributed by atoms with Crippen LogP contribution in [0.25, 0.3) is 21.5 Å². The third kappa shape index (κ3) is 7.65. The molecule has 0 spiro atoms. The molecule has 5 aromatic rings. The predicted octanol–water partition coefficient (Wildman–Crippen LogP) is 4.94. The van der Waals surface area contributed by atoms with Gasteiger partial charge in [0.25, 0.3) is 11.8 Å². The van der Waals surface area contributed by atoms with Crippen LogP contribution < -0.4 is 24.6 Å². The number of carbonyl (C=O) groups excluding carboxylic acids is 3. The lowest BCUT2D eigenvalue weighted by atomic mass is 9.95. The van der Waals surface area contributed by atoms with E-state index in [0.717, 1.165) is 27.8 Å². The number of nitrogens with zero attached hydrogens (tertiary/aromatic N) is 3. The van der Waals surface area contributed by atoms with Crippen LogP contribution in [-0.4, -0.2) is 132 Å². The van der Waals surface area contributed by atoms with Gasteiger partial charge in [-0.3, -0.25) is 9.59 Å². The molecule has 1 aromatic heterocycles. The van der Waals surface area contributed by atoms with Gasteiger partial charge < -0.3 is 54.7 Å². The average Bonchev–Trinajstić information content (AvgIpc) is 4.01. The number of aliphatic hydroxyl groups excluding tert-OH is 3. The van der Waals surface area contributed by atoms with Gasteiger partial charge in [-0.05, 0) is 41.1 Å². The SMILES string of the molecule is CNCCN(C)C(=O)Oc1cc2c(c3ccccc13)[C@H](CCl)CN2C(=O)c1ccc(C(=O)N2C[C@@H](CCl)c3c2cc(O[C@@H]2OC(C(=O)O)[C@@H](O)C(O)C2O)c2ccccc32)s1. The number of thiophene rings is 1. The number of carboxylic acids is 1. The van der Waals surface area contributed by atoms with Gasteiger partial charge >= 0.3 is 12.1 Å². The molecular weight excluding hydrogens is 851 g/mol. The number of halogens is 2. The maximum absolute atomic E-state index is 14.5. The fourth-order valence-electron chi connectivity index (χ4n) is 8.30. The Hall–Kier alpha value is -5.04. The van der Waals surface area contributed by atoms with Crippen molar-refractivity contribution in [3.63, 3.8) is 0 Å². The fraction of sp³-hybridized carbons (Fsp3) is 0.349. The number of hydrogen-bond donors (Lipinski definition) is 5. The first kappa shape index (κ1) is 42.6. The standard InChI is InChI=1S/C43H42Cl2N4O11S/c1-46-13-14-47(2)43(57)59-30-16-28-34(26-10-6-4-8-24(26)30)22(18-45)20-49(28)40(54)32-12-11-31(61-32)39(53)48-19-21(17-44)33-25-9-5-3-7-23(25)29(15-27(33)48)58-42-37(52)35(50)36(51)38(60-42)41(55)56/h3-12,15-16,21-22,35-38,42,46,50-52H,13-14,17-20H2,1-2H3,(H,55,56)/t21-,22-,35?,36+,37?,38?,42-/m1/s1. The summed E-state index contributed by atoms with van der Waals surface area (Å²) in [5, 5.41) is 46.8. The number of fused-ring (bicyclic) bond motifs is 6. The Bertz CT molecular complexity index is 2540. The monoisotopic (exact) mass is 892 g/mol. The lowest BCUT2D eigenvalue weighted by molar-refractivity contribution is -0.270. The lowest BCUT2D eigenvalue weighted by Gasteiger charge is -2.38. The normalized spacial score (nSPS) is 23.2. The molecule has 3 aliphatic rings.